The van der Waals surface area contributed by atoms with E-state index in [2.05, 4.69) is 21.7 Å². The molecule has 0 amide bonds. The van der Waals surface area contributed by atoms with E-state index in [-0.39, 0.29) is 24.0 Å². The average Bonchev–Trinajstić information content (AvgIpc) is 2.62. The number of hydrogen-bond donors (Lipinski definition) is 2. The second-order valence-corrected chi connectivity index (χ2v) is 5.36. The Morgan fingerprint density at radius 1 is 1.32 bits per heavy atom. The highest BCUT2D eigenvalue weighted by Crippen LogP contribution is 2.30. The Morgan fingerprint density at radius 2 is 2.16 bits per heavy atom. The quantitative estimate of drug-likeness (QED) is 0.282. The van der Waals surface area contributed by atoms with Crippen molar-refractivity contribution in [2.45, 2.75) is 19.8 Å². The first kappa shape index (κ1) is 21.6. The van der Waals surface area contributed by atoms with Gasteiger partial charge in [0.1, 0.15) is 0 Å². The van der Waals surface area contributed by atoms with Crippen molar-refractivity contribution >= 4 is 35.6 Å². The number of methoxy groups -OCH3 is 1. The predicted molar refractivity (Wildman–Crippen MR) is 113 cm³/mol. The molecule has 0 spiro atoms. The van der Waals surface area contributed by atoms with E-state index in [1.165, 1.54) is 5.57 Å². The topological polar surface area (TPSA) is 64.1 Å². The van der Waals surface area contributed by atoms with E-state index in [0.29, 0.717) is 12.4 Å². The maximum Gasteiger partial charge on any atom is 0.195 e. The van der Waals surface area contributed by atoms with Crippen molar-refractivity contribution in [3.63, 3.8) is 0 Å². The van der Waals surface area contributed by atoms with Gasteiger partial charge in [-0.3, -0.25) is 4.99 Å². The molecular formula is C18H28IN3O3. The lowest BCUT2D eigenvalue weighted by molar-refractivity contribution is 0.153. The summed E-state index contributed by atoms with van der Waals surface area (Å²) in [7, 11) is 3.40. The maximum atomic E-state index is 5.60. The SMILES string of the molecule is CCOc1cc(NC(=NC)NCCC2=CCOCC2)ccc1OC.I. The summed E-state index contributed by atoms with van der Waals surface area (Å²) >= 11 is 0. The van der Waals surface area contributed by atoms with E-state index in [1.807, 2.05) is 25.1 Å². The van der Waals surface area contributed by atoms with Crippen LogP contribution in [0.1, 0.15) is 19.8 Å². The lowest BCUT2D eigenvalue weighted by Gasteiger charge is -2.16. The van der Waals surface area contributed by atoms with Crippen LogP contribution in [0.4, 0.5) is 5.69 Å². The summed E-state index contributed by atoms with van der Waals surface area (Å²) in [6.45, 7) is 4.93. The fraction of sp³-hybridized carbons (Fsp3) is 0.500. The summed E-state index contributed by atoms with van der Waals surface area (Å²) < 4.78 is 16.2. The van der Waals surface area contributed by atoms with E-state index < -0.39 is 0 Å². The minimum absolute atomic E-state index is 0. The van der Waals surface area contributed by atoms with Crippen molar-refractivity contribution in [3.8, 4) is 11.5 Å². The zero-order valence-electron chi connectivity index (χ0n) is 15.1. The van der Waals surface area contributed by atoms with Crippen molar-refractivity contribution < 1.29 is 14.2 Å². The number of nitrogens with zero attached hydrogens (tertiary/aromatic N) is 1. The van der Waals surface area contributed by atoms with Crippen LogP contribution in [-0.2, 0) is 4.74 Å². The third-order valence-corrected chi connectivity index (χ3v) is 3.75. The number of ether oxygens (including phenoxy) is 3. The van der Waals surface area contributed by atoms with Crippen LogP contribution >= 0.6 is 24.0 Å². The van der Waals surface area contributed by atoms with Crippen LogP contribution in [0.15, 0.2) is 34.8 Å². The largest absolute Gasteiger partial charge is 0.493 e. The van der Waals surface area contributed by atoms with Gasteiger partial charge in [-0.15, -0.1) is 24.0 Å². The molecule has 2 N–H and O–H groups in total. The highest BCUT2D eigenvalue weighted by molar-refractivity contribution is 14.0. The number of halogens is 1. The lowest BCUT2D eigenvalue weighted by atomic mass is 10.1. The molecule has 0 saturated carbocycles. The molecule has 140 valence electrons. The minimum atomic E-state index is 0. The smallest absolute Gasteiger partial charge is 0.195 e. The maximum absolute atomic E-state index is 5.60. The number of aliphatic imine (C=N–C) groups is 1. The molecule has 0 fully saturated rings. The molecule has 1 aliphatic rings. The minimum Gasteiger partial charge on any atom is -0.493 e. The van der Waals surface area contributed by atoms with E-state index in [4.69, 9.17) is 14.2 Å². The third kappa shape index (κ3) is 7.11. The van der Waals surface area contributed by atoms with Gasteiger partial charge in [-0.05, 0) is 31.9 Å². The van der Waals surface area contributed by atoms with Crippen LogP contribution in [-0.4, -0.2) is 46.5 Å². The third-order valence-electron chi connectivity index (χ3n) is 3.75. The molecule has 6 nitrogen and oxygen atoms in total. The summed E-state index contributed by atoms with van der Waals surface area (Å²) in [5.41, 5.74) is 2.34. The van der Waals surface area contributed by atoms with Crippen molar-refractivity contribution in [1.82, 2.24) is 5.32 Å². The van der Waals surface area contributed by atoms with Gasteiger partial charge < -0.3 is 24.8 Å². The Hall–Kier alpha value is -1.48. The summed E-state index contributed by atoms with van der Waals surface area (Å²) in [4.78, 5) is 4.26. The number of rotatable bonds is 7. The van der Waals surface area contributed by atoms with Gasteiger partial charge in [0.25, 0.3) is 0 Å². The Kier molecular flexibility index (Phi) is 10.3. The molecule has 0 aromatic heterocycles. The molecule has 0 bridgehead atoms. The number of anilines is 1. The van der Waals surface area contributed by atoms with Gasteiger partial charge in [0.2, 0.25) is 0 Å². The standard InChI is InChI=1S/C18H27N3O3.HI/c1-4-24-17-13-15(5-6-16(17)22-3)21-18(19-2)20-10-7-14-8-11-23-12-9-14;/h5-6,8,13H,4,7,9-12H2,1-3H3,(H2,19,20,21);1H. The Morgan fingerprint density at radius 3 is 2.80 bits per heavy atom. The Balaban J connectivity index is 0.00000312. The van der Waals surface area contributed by atoms with Crippen LogP contribution in [0.3, 0.4) is 0 Å². The average molecular weight is 461 g/mol. The first-order valence-corrected chi connectivity index (χ1v) is 8.31. The molecule has 1 aromatic carbocycles. The normalized spacial score (nSPS) is 14.2. The van der Waals surface area contributed by atoms with Gasteiger partial charge in [0.05, 0.1) is 26.9 Å². The van der Waals surface area contributed by atoms with Crippen molar-refractivity contribution in [3.05, 3.63) is 29.8 Å². The van der Waals surface area contributed by atoms with Gasteiger partial charge in [0, 0.05) is 25.3 Å². The fourth-order valence-corrected chi connectivity index (χ4v) is 2.47. The highest BCUT2D eigenvalue weighted by Gasteiger charge is 2.08. The fourth-order valence-electron chi connectivity index (χ4n) is 2.47. The molecule has 1 aromatic rings. The molecule has 0 radical (unpaired) electrons. The first-order chi connectivity index (χ1) is 11.8. The molecule has 7 heteroatoms. The van der Waals surface area contributed by atoms with Crippen LogP contribution in [0, 0.1) is 0 Å². The predicted octanol–water partition coefficient (Wildman–Crippen LogP) is 3.44. The molecule has 0 unspecified atom stereocenters. The second kappa shape index (κ2) is 12.0. The molecule has 1 aliphatic heterocycles. The van der Waals surface area contributed by atoms with E-state index in [9.17, 15) is 0 Å². The zero-order valence-corrected chi connectivity index (χ0v) is 17.5. The van der Waals surface area contributed by atoms with Crippen LogP contribution < -0.4 is 20.1 Å². The number of nitrogens with one attached hydrogen (secondary N) is 2. The number of guanidine groups is 1. The van der Waals surface area contributed by atoms with Crippen molar-refractivity contribution in [1.29, 1.82) is 0 Å². The van der Waals surface area contributed by atoms with Crippen molar-refractivity contribution in [2.24, 2.45) is 4.99 Å². The summed E-state index contributed by atoms with van der Waals surface area (Å²) in [6, 6.07) is 5.73. The van der Waals surface area contributed by atoms with E-state index in [0.717, 1.165) is 50.0 Å². The van der Waals surface area contributed by atoms with E-state index >= 15 is 0 Å². The highest BCUT2D eigenvalue weighted by atomic mass is 127. The van der Waals surface area contributed by atoms with E-state index in [1.54, 1.807) is 14.2 Å². The zero-order chi connectivity index (χ0) is 17.2. The molecule has 25 heavy (non-hydrogen) atoms. The molecule has 0 aliphatic carbocycles. The molecule has 2 rings (SSSR count). The Bertz CT molecular complexity index is 591. The van der Waals surface area contributed by atoms with Gasteiger partial charge in [-0.25, -0.2) is 0 Å². The van der Waals surface area contributed by atoms with Crippen LogP contribution in [0.25, 0.3) is 0 Å². The van der Waals surface area contributed by atoms with Gasteiger partial charge in [-0.2, -0.15) is 0 Å². The van der Waals surface area contributed by atoms with Crippen LogP contribution in [0.2, 0.25) is 0 Å². The van der Waals surface area contributed by atoms with Crippen molar-refractivity contribution in [2.75, 3.05) is 45.8 Å². The molecular weight excluding hydrogens is 433 g/mol. The summed E-state index contributed by atoms with van der Waals surface area (Å²) in [5, 5.41) is 6.61. The molecule has 0 atom stereocenters. The lowest BCUT2D eigenvalue weighted by Crippen LogP contribution is -2.31. The molecule has 0 saturated heterocycles. The number of hydrogen-bond acceptors (Lipinski definition) is 4. The summed E-state index contributed by atoms with van der Waals surface area (Å²) in [5.74, 6) is 2.17. The molecule has 1 heterocycles. The van der Waals surface area contributed by atoms with Crippen LogP contribution in [0.5, 0.6) is 11.5 Å². The summed E-state index contributed by atoms with van der Waals surface area (Å²) in [6.07, 6.45) is 4.18. The van der Waals surface area contributed by atoms with Gasteiger partial charge in [0.15, 0.2) is 17.5 Å². The van der Waals surface area contributed by atoms with Gasteiger partial charge >= 0.3 is 0 Å². The van der Waals surface area contributed by atoms with Gasteiger partial charge in [-0.1, -0.05) is 11.6 Å². The Labute approximate surface area is 167 Å². The first-order valence-electron chi connectivity index (χ1n) is 8.31. The second-order valence-electron chi connectivity index (χ2n) is 5.36. The number of benzene rings is 1. The monoisotopic (exact) mass is 461 g/mol.